The number of aromatic nitrogens is 1. The molecule has 0 spiro atoms. The largest absolute Gasteiger partial charge is 0.384 e. The molecule has 0 amide bonds. The number of nitriles is 1. The predicted octanol–water partition coefficient (Wildman–Crippen LogP) is 3.81. The van der Waals surface area contributed by atoms with Crippen LogP contribution < -0.4 is 5.32 Å². The Morgan fingerprint density at radius 2 is 2.00 bits per heavy atom. The Morgan fingerprint density at radius 1 is 1.32 bits per heavy atom. The van der Waals surface area contributed by atoms with Crippen LogP contribution in [-0.2, 0) is 0 Å². The lowest BCUT2D eigenvalue weighted by molar-refractivity contribution is 0.300. The van der Waals surface area contributed by atoms with Gasteiger partial charge in [-0.1, -0.05) is 19.8 Å². The van der Waals surface area contributed by atoms with Crippen LogP contribution in [0.15, 0.2) is 6.07 Å². The molecule has 0 aromatic carbocycles. The first-order chi connectivity index (χ1) is 9.10. The molecule has 1 aliphatic rings. The maximum absolute atomic E-state index is 9.23. The zero-order chi connectivity index (χ0) is 13.8. The molecule has 1 saturated carbocycles. The average Bonchev–Trinajstić information content (AvgIpc) is 2.37. The molecule has 0 radical (unpaired) electrons. The van der Waals surface area contributed by atoms with Gasteiger partial charge in [0.05, 0.1) is 16.9 Å². The van der Waals surface area contributed by atoms with E-state index in [2.05, 4.69) is 23.3 Å². The van der Waals surface area contributed by atoms with Crippen molar-refractivity contribution in [2.24, 2.45) is 11.8 Å². The topological polar surface area (TPSA) is 48.7 Å². The standard InChI is InChI=1S/C16H23N3/c1-11-4-6-14(7-5-11)10-18-16-8-12(2)19-13(3)15(16)9-17/h8,11,14H,4-7,10H2,1-3H3,(H,18,19). The fraction of sp³-hybridized carbons (Fsp3) is 0.625. The van der Waals surface area contributed by atoms with E-state index >= 15 is 0 Å². The monoisotopic (exact) mass is 257 g/mol. The molecule has 2 rings (SSSR count). The Balaban J connectivity index is 2.01. The Kier molecular flexibility index (Phi) is 4.42. The summed E-state index contributed by atoms with van der Waals surface area (Å²) in [4.78, 5) is 4.35. The van der Waals surface area contributed by atoms with E-state index < -0.39 is 0 Å². The summed E-state index contributed by atoms with van der Waals surface area (Å²) >= 11 is 0. The van der Waals surface area contributed by atoms with Crippen LogP contribution in [0.3, 0.4) is 0 Å². The highest BCUT2D eigenvalue weighted by atomic mass is 14.9. The first-order valence-electron chi connectivity index (χ1n) is 7.22. The van der Waals surface area contributed by atoms with Crippen molar-refractivity contribution in [2.45, 2.75) is 46.5 Å². The second kappa shape index (κ2) is 6.06. The lowest BCUT2D eigenvalue weighted by atomic mass is 9.83. The van der Waals surface area contributed by atoms with Gasteiger partial charge in [-0.15, -0.1) is 0 Å². The molecule has 1 fully saturated rings. The zero-order valence-corrected chi connectivity index (χ0v) is 12.2. The molecule has 1 heterocycles. The Hall–Kier alpha value is -1.56. The van der Waals surface area contributed by atoms with E-state index in [0.29, 0.717) is 5.56 Å². The van der Waals surface area contributed by atoms with Crippen LogP contribution in [-0.4, -0.2) is 11.5 Å². The summed E-state index contributed by atoms with van der Waals surface area (Å²) in [6, 6.07) is 4.24. The van der Waals surface area contributed by atoms with E-state index in [1.54, 1.807) is 0 Å². The molecule has 1 N–H and O–H groups in total. The van der Waals surface area contributed by atoms with E-state index in [1.165, 1.54) is 25.7 Å². The summed E-state index contributed by atoms with van der Waals surface area (Å²) in [5, 5.41) is 12.7. The minimum Gasteiger partial charge on any atom is -0.384 e. The van der Waals surface area contributed by atoms with E-state index in [-0.39, 0.29) is 0 Å². The summed E-state index contributed by atoms with van der Waals surface area (Å²) in [6.45, 7) is 7.19. The van der Waals surface area contributed by atoms with Crippen LogP contribution in [0.2, 0.25) is 0 Å². The van der Waals surface area contributed by atoms with Crippen LogP contribution in [0.1, 0.15) is 49.6 Å². The molecule has 1 aromatic rings. The second-order valence-electron chi connectivity index (χ2n) is 5.89. The number of pyridine rings is 1. The minimum absolute atomic E-state index is 0.690. The molecule has 0 bridgehead atoms. The van der Waals surface area contributed by atoms with Crippen molar-refractivity contribution in [3.05, 3.63) is 23.0 Å². The first-order valence-corrected chi connectivity index (χ1v) is 7.22. The fourth-order valence-electron chi connectivity index (χ4n) is 2.90. The highest BCUT2D eigenvalue weighted by Crippen LogP contribution is 2.29. The maximum atomic E-state index is 9.23. The van der Waals surface area contributed by atoms with Gasteiger partial charge >= 0.3 is 0 Å². The van der Waals surface area contributed by atoms with Crippen molar-refractivity contribution in [2.75, 3.05) is 11.9 Å². The lowest BCUT2D eigenvalue weighted by Gasteiger charge is -2.26. The summed E-state index contributed by atoms with van der Waals surface area (Å²) in [5.74, 6) is 1.63. The third kappa shape index (κ3) is 3.47. The van der Waals surface area contributed by atoms with Gasteiger partial charge in [0.25, 0.3) is 0 Å². The molecule has 19 heavy (non-hydrogen) atoms. The fourth-order valence-corrected chi connectivity index (χ4v) is 2.90. The average molecular weight is 257 g/mol. The number of aryl methyl sites for hydroxylation is 2. The van der Waals surface area contributed by atoms with Crippen LogP contribution in [0.4, 0.5) is 5.69 Å². The van der Waals surface area contributed by atoms with Crippen molar-refractivity contribution < 1.29 is 0 Å². The van der Waals surface area contributed by atoms with Gasteiger partial charge in [-0.2, -0.15) is 5.26 Å². The minimum atomic E-state index is 0.690. The van der Waals surface area contributed by atoms with Crippen molar-refractivity contribution in [3.63, 3.8) is 0 Å². The van der Waals surface area contributed by atoms with Crippen LogP contribution >= 0.6 is 0 Å². The summed E-state index contributed by atoms with van der Waals surface area (Å²) in [5.41, 5.74) is 3.43. The van der Waals surface area contributed by atoms with E-state index in [4.69, 9.17) is 0 Å². The summed E-state index contributed by atoms with van der Waals surface area (Å²) in [6.07, 6.45) is 5.29. The smallest absolute Gasteiger partial charge is 0.103 e. The SMILES string of the molecule is Cc1cc(NCC2CCC(C)CC2)c(C#N)c(C)n1. The highest BCUT2D eigenvalue weighted by molar-refractivity contribution is 5.59. The van der Waals surface area contributed by atoms with Gasteiger partial charge in [0, 0.05) is 12.2 Å². The van der Waals surface area contributed by atoms with Crippen molar-refractivity contribution >= 4 is 5.69 Å². The van der Waals surface area contributed by atoms with Crippen LogP contribution in [0.5, 0.6) is 0 Å². The van der Waals surface area contributed by atoms with Crippen LogP contribution in [0.25, 0.3) is 0 Å². The van der Waals surface area contributed by atoms with Gasteiger partial charge in [-0.25, -0.2) is 0 Å². The number of nitrogens with zero attached hydrogens (tertiary/aromatic N) is 2. The molecule has 3 nitrogen and oxygen atoms in total. The maximum Gasteiger partial charge on any atom is 0.103 e. The van der Waals surface area contributed by atoms with Gasteiger partial charge in [0.1, 0.15) is 6.07 Å². The molecule has 102 valence electrons. The van der Waals surface area contributed by atoms with E-state index in [0.717, 1.165) is 35.5 Å². The lowest BCUT2D eigenvalue weighted by Crippen LogP contribution is -2.20. The van der Waals surface area contributed by atoms with Gasteiger partial charge in [0.2, 0.25) is 0 Å². The van der Waals surface area contributed by atoms with Crippen molar-refractivity contribution in [1.29, 1.82) is 5.26 Å². The van der Waals surface area contributed by atoms with Gasteiger partial charge < -0.3 is 5.32 Å². The molecule has 3 heteroatoms. The number of anilines is 1. The van der Waals surface area contributed by atoms with Crippen molar-refractivity contribution in [1.82, 2.24) is 4.98 Å². The predicted molar refractivity (Wildman–Crippen MR) is 78.0 cm³/mol. The summed E-state index contributed by atoms with van der Waals surface area (Å²) < 4.78 is 0. The summed E-state index contributed by atoms with van der Waals surface area (Å²) in [7, 11) is 0. The quantitative estimate of drug-likeness (QED) is 0.895. The Labute approximate surface area is 116 Å². The van der Waals surface area contributed by atoms with Gasteiger partial charge in [-0.3, -0.25) is 4.98 Å². The third-order valence-corrected chi connectivity index (χ3v) is 4.16. The highest BCUT2D eigenvalue weighted by Gasteiger charge is 2.18. The molecule has 0 saturated heterocycles. The van der Waals surface area contributed by atoms with Crippen LogP contribution in [0, 0.1) is 37.0 Å². The molecular formula is C16H23N3. The van der Waals surface area contributed by atoms with E-state index in [9.17, 15) is 5.26 Å². The van der Waals surface area contributed by atoms with Gasteiger partial charge in [-0.05, 0) is 44.6 Å². The van der Waals surface area contributed by atoms with Crippen molar-refractivity contribution in [3.8, 4) is 6.07 Å². The number of nitrogens with one attached hydrogen (secondary N) is 1. The molecule has 0 aliphatic heterocycles. The zero-order valence-electron chi connectivity index (χ0n) is 12.2. The number of hydrogen-bond donors (Lipinski definition) is 1. The molecule has 0 atom stereocenters. The second-order valence-corrected chi connectivity index (χ2v) is 5.89. The molecular weight excluding hydrogens is 234 g/mol. The Morgan fingerprint density at radius 3 is 2.63 bits per heavy atom. The number of hydrogen-bond acceptors (Lipinski definition) is 3. The number of rotatable bonds is 3. The van der Waals surface area contributed by atoms with Gasteiger partial charge in [0.15, 0.2) is 0 Å². The van der Waals surface area contributed by atoms with E-state index in [1.807, 2.05) is 19.9 Å². The normalized spacial score (nSPS) is 22.8. The molecule has 1 aliphatic carbocycles. The Bertz CT molecular complexity index is 480. The first kappa shape index (κ1) is 13.9. The molecule has 0 unspecified atom stereocenters. The molecule has 1 aromatic heterocycles. The third-order valence-electron chi connectivity index (χ3n) is 4.16.